The van der Waals surface area contributed by atoms with E-state index in [2.05, 4.69) is 42.2 Å². The summed E-state index contributed by atoms with van der Waals surface area (Å²) in [6.07, 6.45) is 0. The summed E-state index contributed by atoms with van der Waals surface area (Å²) < 4.78 is 6.77. The fourth-order valence-electron chi connectivity index (χ4n) is 2.38. The van der Waals surface area contributed by atoms with Crippen molar-refractivity contribution in [3.05, 3.63) is 59.2 Å². The van der Waals surface area contributed by atoms with E-state index in [9.17, 15) is 0 Å². The second kappa shape index (κ2) is 6.97. The first-order chi connectivity index (χ1) is 11.6. The summed E-state index contributed by atoms with van der Waals surface area (Å²) in [5.74, 6) is 8.36. The molecule has 0 atom stereocenters. The minimum atomic E-state index is 0.622. The van der Waals surface area contributed by atoms with Gasteiger partial charge in [0.25, 0.3) is 0 Å². The van der Waals surface area contributed by atoms with Gasteiger partial charge < -0.3 is 10.6 Å². The van der Waals surface area contributed by atoms with E-state index in [0.717, 1.165) is 17.1 Å². The van der Waals surface area contributed by atoms with Crippen molar-refractivity contribution in [3.8, 4) is 17.1 Å². The van der Waals surface area contributed by atoms with Crippen LogP contribution in [0, 0.1) is 13.8 Å². The van der Waals surface area contributed by atoms with Crippen molar-refractivity contribution in [2.45, 2.75) is 24.8 Å². The van der Waals surface area contributed by atoms with E-state index in [1.165, 1.54) is 21.4 Å². The van der Waals surface area contributed by atoms with Crippen molar-refractivity contribution in [2.75, 3.05) is 13.0 Å². The molecule has 0 aliphatic rings. The zero-order chi connectivity index (χ0) is 17.1. The number of nitrogens with two attached hydrogens (primary N) is 1. The van der Waals surface area contributed by atoms with E-state index in [-0.39, 0.29) is 0 Å². The molecule has 6 heteroatoms. The van der Waals surface area contributed by atoms with Gasteiger partial charge in [-0.25, -0.2) is 4.68 Å². The zero-order valence-corrected chi connectivity index (χ0v) is 14.8. The van der Waals surface area contributed by atoms with E-state index >= 15 is 0 Å². The number of aryl methyl sites for hydroxylation is 2. The van der Waals surface area contributed by atoms with Crippen LogP contribution in [0.5, 0.6) is 5.75 Å². The van der Waals surface area contributed by atoms with Gasteiger partial charge >= 0.3 is 0 Å². The van der Waals surface area contributed by atoms with Crippen LogP contribution in [0.4, 0.5) is 0 Å². The molecule has 24 heavy (non-hydrogen) atoms. The topological polar surface area (TPSA) is 66.0 Å². The predicted molar refractivity (Wildman–Crippen MR) is 97.6 cm³/mol. The first-order valence-electron chi connectivity index (χ1n) is 7.62. The third-order valence-corrected chi connectivity index (χ3v) is 4.95. The van der Waals surface area contributed by atoms with Gasteiger partial charge in [-0.2, -0.15) is 0 Å². The van der Waals surface area contributed by atoms with Crippen LogP contribution in [0.2, 0.25) is 0 Å². The SMILES string of the molecule is COc1cccc(-c2nnc(SCc3ccc(C)c(C)c3)n2N)c1. The molecule has 0 bridgehead atoms. The maximum absolute atomic E-state index is 6.18. The van der Waals surface area contributed by atoms with Crippen LogP contribution in [0.25, 0.3) is 11.4 Å². The fourth-order valence-corrected chi connectivity index (χ4v) is 3.18. The highest BCUT2D eigenvalue weighted by Gasteiger charge is 2.13. The number of nitrogens with zero attached hydrogens (tertiary/aromatic N) is 3. The minimum absolute atomic E-state index is 0.622. The minimum Gasteiger partial charge on any atom is -0.497 e. The maximum Gasteiger partial charge on any atom is 0.210 e. The molecule has 5 nitrogen and oxygen atoms in total. The molecule has 0 unspecified atom stereocenters. The van der Waals surface area contributed by atoms with Gasteiger partial charge in [0.1, 0.15) is 5.75 Å². The number of thioether (sulfide) groups is 1. The second-order valence-electron chi connectivity index (χ2n) is 5.62. The molecule has 0 spiro atoms. The van der Waals surface area contributed by atoms with Crippen LogP contribution in [-0.2, 0) is 5.75 Å². The molecular weight excluding hydrogens is 320 g/mol. The molecule has 124 valence electrons. The molecule has 0 aliphatic carbocycles. The average Bonchev–Trinajstić information content (AvgIpc) is 2.97. The van der Waals surface area contributed by atoms with Gasteiger partial charge in [-0.3, -0.25) is 0 Å². The molecular formula is C18H20N4OS. The van der Waals surface area contributed by atoms with Gasteiger partial charge in [-0.05, 0) is 42.7 Å². The van der Waals surface area contributed by atoms with Crippen LogP contribution in [0.3, 0.4) is 0 Å². The number of nitrogen functional groups attached to an aromatic ring is 1. The van der Waals surface area contributed by atoms with Crippen molar-refractivity contribution >= 4 is 11.8 Å². The summed E-state index contributed by atoms with van der Waals surface area (Å²) in [5.41, 5.74) is 4.71. The van der Waals surface area contributed by atoms with Crippen LogP contribution in [0.1, 0.15) is 16.7 Å². The number of rotatable bonds is 5. The first kappa shape index (κ1) is 16.4. The summed E-state index contributed by atoms with van der Waals surface area (Å²) in [5, 5.41) is 9.12. The molecule has 3 aromatic rings. The molecule has 1 heterocycles. The van der Waals surface area contributed by atoms with E-state index in [0.29, 0.717) is 11.0 Å². The molecule has 0 saturated carbocycles. The fraction of sp³-hybridized carbons (Fsp3) is 0.222. The van der Waals surface area contributed by atoms with Gasteiger partial charge in [-0.15, -0.1) is 10.2 Å². The maximum atomic E-state index is 6.18. The molecule has 0 fully saturated rings. The summed E-state index contributed by atoms with van der Waals surface area (Å²) >= 11 is 1.57. The lowest BCUT2D eigenvalue weighted by Crippen LogP contribution is -2.11. The van der Waals surface area contributed by atoms with Crippen molar-refractivity contribution < 1.29 is 4.74 Å². The third kappa shape index (κ3) is 3.38. The van der Waals surface area contributed by atoms with Crippen LogP contribution >= 0.6 is 11.8 Å². The summed E-state index contributed by atoms with van der Waals surface area (Å²) in [6, 6.07) is 14.1. The summed E-state index contributed by atoms with van der Waals surface area (Å²) in [4.78, 5) is 0. The lowest BCUT2D eigenvalue weighted by Gasteiger charge is -2.06. The highest BCUT2D eigenvalue weighted by molar-refractivity contribution is 7.98. The number of hydrogen-bond acceptors (Lipinski definition) is 5. The predicted octanol–water partition coefficient (Wildman–Crippen LogP) is 3.58. The number of aromatic nitrogens is 3. The lowest BCUT2D eigenvalue weighted by atomic mass is 10.1. The Morgan fingerprint density at radius 3 is 2.67 bits per heavy atom. The molecule has 0 aliphatic heterocycles. The molecule has 0 saturated heterocycles. The van der Waals surface area contributed by atoms with Gasteiger partial charge in [0.05, 0.1) is 7.11 Å². The quantitative estimate of drug-likeness (QED) is 0.568. The van der Waals surface area contributed by atoms with Crippen molar-refractivity contribution in [1.82, 2.24) is 14.9 Å². The smallest absolute Gasteiger partial charge is 0.210 e. The van der Waals surface area contributed by atoms with Gasteiger partial charge in [-0.1, -0.05) is 42.1 Å². The highest BCUT2D eigenvalue weighted by atomic mass is 32.2. The summed E-state index contributed by atoms with van der Waals surface area (Å²) in [7, 11) is 1.64. The number of hydrogen-bond donors (Lipinski definition) is 1. The Kier molecular flexibility index (Phi) is 4.76. The Morgan fingerprint density at radius 2 is 1.92 bits per heavy atom. The monoisotopic (exact) mass is 340 g/mol. The van der Waals surface area contributed by atoms with E-state index in [1.807, 2.05) is 24.3 Å². The third-order valence-electron chi connectivity index (χ3n) is 3.93. The Labute approximate surface area is 145 Å². The second-order valence-corrected chi connectivity index (χ2v) is 6.56. The average molecular weight is 340 g/mol. The molecule has 1 aromatic heterocycles. The lowest BCUT2D eigenvalue weighted by molar-refractivity contribution is 0.415. The number of methoxy groups -OCH3 is 1. The van der Waals surface area contributed by atoms with Crippen molar-refractivity contribution in [2.24, 2.45) is 0 Å². The largest absolute Gasteiger partial charge is 0.497 e. The van der Waals surface area contributed by atoms with E-state index in [1.54, 1.807) is 18.9 Å². The Balaban J connectivity index is 1.78. The molecule has 3 rings (SSSR count). The summed E-state index contributed by atoms with van der Waals surface area (Å²) in [6.45, 7) is 4.24. The molecule has 0 radical (unpaired) electrons. The Hall–Kier alpha value is -2.47. The van der Waals surface area contributed by atoms with Gasteiger partial charge in [0, 0.05) is 11.3 Å². The number of benzene rings is 2. The van der Waals surface area contributed by atoms with Crippen molar-refractivity contribution in [3.63, 3.8) is 0 Å². The standard InChI is InChI=1S/C18H20N4OS/c1-12-7-8-14(9-13(12)2)11-24-18-21-20-17(22(18)19)15-5-4-6-16(10-15)23-3/h4-10H,11,19H2,1-3H3. The van der Waals surface area contributed by atoms with Gasteiger partial charge in [0.2, 0.25) is 5.16 Å². The van der Waals surface area contributed by atoms with Crippen LogP contribution < -0.4 is 10.6 Å². The Morgan fingerprint density at radius 1 is 1.08 bits per heavy atom. The van der Waals surface area contributed by atoms with E-state index in [4.69, 9.17) is 10.6 Å². The zero-order valence-electron chi connectivity index (χ0n) is 14.0. The molecule has 2 N–H and O–H groups in total. The van der Waals surface area contributed by atoms with Crippen molar-refractivity contribution in [1.29, 1.82) is 0 Å². The number of ether oxygens (including phenoxy) is 1. The Bertz CT molecular complexity index is 860. The van der Waals surface area contributed by atoms with E-state index < -0.39 is 0 Å². The first-order valence-corrected chi connectivity index (χ1v) is 8.61. The molecule has 0 amide bonds. The highest BCUT2D eigenvalue weighted by Crippen LogP contribution is 2.26. The van der Waals surface area contributed by atoms with Gasteiger partial charge in [0.15, 0.2) is 5.82 Å². The van der Waals surface area contributed by atoms with Crippen LogP contribution in [0.15, 0.2) is 47.6 Å². The normalized spacial score (nSPS) is 10.8. The van der Waals surface area contributed by atoms with Crippen LogP contribution in [-0.4, -0.2) is 22.0 Å². The molecule has 2 aromatic carbocycles.